The Hall–Kier alpha value is -1.84. The first-order valence-electron chi connectivity index (χ1n) is 4.96. The van der Waals surface area contributed by atoms with Crippen LogP contribution < -0.4 is 5.56 Å². The molecule has 4 heteroatoms. The minimum atomic E-state index is 0.00292. The van der Waals surface area contributed by atoms with Gasteiger partial charge in [-0.15, -0.1) is 0 Å². The first kappa shape index (κ1) is 9.71. The van der Waals surface area contributed by atoms with Gasteiger partial charge in [0.1, 0.15) is 5.82 Å². The number of rotatable bonds is 3. The van der Waals surface area contributed by atoms with Crippen LogP contribution in [-0.2, 0) is 13.1 Å². The summed E-state index contributed by atoms with van der Waals surface area (Å²) in [5.74, 6) is 0.908. The van der Waals surface area contributed by atoms with Gasteiger partial charge in [0.25, 0.3) is 5.56 Å². The minimum Gasteiger partial charge on any atom is -0.334 e. The molecule has 0 aliphatic carbocycles. The van der Waals surface area contributed by atoms with Gasteiger partial charge in [0.2, 0.25) is 0 Å². The van der Waals surface area contributed by atoms with Gasteiger partial charge < -0.3 is 9.13 Å². The highest BCUT2D eigenvalue weighted by atomic mass is 16.1. The van der Waals surface area contributed by atoms with Gasteiger partial charge in [-0.2, -0.15) is 0 Å². The van der Waals surface area contributed by atoms with Crippen LogP contribution in [0.1, 0.15) is 12.7 Å². The second-order valence-electron chi connectivity index (χ2n) is 3.30. The van der Waals surface area contributed by atoms with E-state index in [-0.39, 0.29) is 5.56 Å². The molecule has 0 radical (unpaired) electrons. The standard InChI is InChI=1S/C11H13N3O/c1-2-13-8-6-12-10(13)9-14-7-4-3-5-11(14)15/h3-8H,2,9H2,1H3. The summed E-state index contributed by atoms with van der Waals surface area (Å²) in [5.41, 5.74) is 0.00292. The van der Waals surface area contributed by atoms with Gasteiger partial charge >= 0.3 is 0 Å². The Morgan fingerprint density at radius 2 is 2.13 bits per heavy atom. The summed E-state index contributed by atoms with van der Waals surface area (Å²) in [6.07, 6.45) is 5.45. The van der Waals surface area contributed by atoms with Gasteiger partial charge in [-0.05, 0) is 13.0 Å². The molecule has 0 saturated heterocycles. The van der Waals surface area contributed by atoms with Gasteiger partial charge in [-0.25, -0.2) is 4.98 Å². The van der Waals surface area contributed by atoms with Gasteiger partial charge in [0, 0.05) is 31.2 Å². The Balaban J connectivity index is 2.30. The van der Waals surface area contributed by atoms with E-state index >= 15 is 0 Å². The van der Waals surface area contributed by atoms with Crippen molar-refractivity contribution in [3.63, 3.8) is 0 Å². The molecule has 0 aliphatic heterocycles. The van der Waals surface area contributed by atoms with Crippen molar-refractivity contribution >= 4 is 0 Å². The van der Waals surface area contributed by atoms with Crippen LogP contribution >= 0.6 is 0 Å². The Labute approximate surface area is 87.8 Å². The zero-order chi connectivity index (χ0) is 10.7. The molecule has 0 unspecified atom stereocenters. The lowest BCUT2D eigenvalue weighted by molar-refractivity contribution is 0.639. The van der Waals surface area contributed by atoms with Crippen molar-refractivity contribution < 1.29 is 0 Å². The molecule has 0 saturated carbocycles. The summed E-state index contributed by atoms with van der Waals surface area (Å²) < 4.78 is 3.67. The van der Waals surface area contributed by atoms with Crippen molar-refractivity contribution in [2.75, 3.05) is 0 Å². The summed E-state index contributed by atoms with van der Waals surface area (Å²) in [6.45, 7) is 3.45. The normalized spacial score (nSPS) is 10.5. The second-order valence-corrected chi connectivity index (χ2v) is 3.30. The number of nitrogens with zero attached hydrogens (tertiary/aromatic N) is 3. The fraction of sp³-hybridized carbons (Fsp3) is 0.273. The molecule has 0 bridgehead atoms. The highest BCUT2D eigenvalue weighted by molar-refractivity contribution is 4.98. The number of hydrogen-bond donors (Lipinski definition) is 0. The largest absolute Gasteiger partial charge is 0.334 e. The average Bonchev–Trinajstić information content (AvgIpc) is 2.69. The van der Waals surface area contributed by atoms with E-state index in [1.54, 1.807) is 29.1 Å². The maximum absolute atomic E-state index is 11.5. The van der Waals surface area contributed by atoms with E-state index in [4.69, 9.17) is 0 Å². The summed E-state index contributed by atoms with van der Waals surface area (Å²) in [6, 6.07) is 5.14. The maximum Gasteiger partial charge on any atom is 0.250 e. The van der Waals surface area contributed by atoms with Crippen molar-refractivity contribution in [1.29, 1.82) is 0 Å². The average molecular weight is 203 g/mol. The zero-order valence-electron chi connectivity index (χ0n) is 8.63. The fourth-order valence-electron chi connectivity index (χ4n) is 1.52. The smallest absolute Gasteiger partial charge is 0.250 e. The highest BCUT2D eigenvalue weighted by Gasteiger charge is 2.02. The van der Waals surface area contributed by atoms with Crippen molar-refractivity contribution in [1.82, 2.24) is 14.1 Å². The van der Waals surface area contributed by atoms with Crippen LogP contribution in [0.4, 0.5) is 0 Å². The number of pyridine rings is 1. The van der Waals surface area contributed by atoms with Crippen molar-refractivity contribution in [3.8, 4) is 0 Å². The summed E-state index contributed by atoms with van der Waals surface area (Å²) >= 11 is 0. The molecule has 2 aromatic rings. The van der Waals surface area contributed by atoms with Crippen LogP contribution in [0.3, 0.4) is 0 Å². The highest BCUT2D eigenvalue weighted by Crippen LogP contribution is 1.99. The molecule has 0 aromatic carbocycles. The van der Waals surface area contributed by atoms with E-state index in [1.165, 1.54) is 0 Å². The first-order chi connectivity index (χ1) is 7.31. The van der Waals surface area contributed by atoms with Crippen molar-refractivity contribution in [2.24, 2.45) is 0 Å². The molecule has 0 spiro atoms. The quantitative estimate of drug-likeness (QED) is 0.749. The van der Waals surface area contributed by atoms with E-state index in [0.717, 1.165) is 12.4 Å². The Morgan fingerprint density at radius 3 is 2.87 bits per heavy atom. The van der Waals surface area contributed by atoms with E-state index in [2.05, 4.69) is 11.9 Å². The van der Waals surface area contributed by atoms with Crippen LogP contribution in [0.25, 0.3) is 0 Å². The number of aromatic nitrogens is 3. The van der Waals surface area contributed by atoms with Gasteiger partial charge in [-0.3, -0.25) is 4.79 Å². The molecule has 0 amide bonds. The molecule has 0 N–H and O–H groups in total. The number of aryl methyl sites for hydroxylation is 1. The molecule has 78 valence electrons. The number of imidazole rings is 1. The molecule has 2 rings (SSSR count). The van der Waals surface area contributed by atoms with E-state index in [0.29, 0.717) is 6.54 Å². The third kappa shape index (κ3) is 1.98. The molecule has 2 aromatic heterocycles. The third-order valence-corrected chi connectivity index (χ3v) is 2.35. The van der Waals surface area contributed by atoms with E-state index < -0.39 is 0 Å². The molecule has 0 atom stereocenters. The first-order valence-corrected chi connectivity index (χ1v) is 4.96. The van der Waals surface area contributed by atoms with Crippen LogP contribution in [0.5, 0.6) is 0 Å². The second kappa shape index (κ2) is 4.13. The van der Waals surface area contributed by atoms with Crippen LogP contribution in [0, 0.1) is 0 Å². The zero-order valence-corrected chi connectivity index (χ0v) is 8.63. The minimum absolute atomic E-state index is 0.00292. The molecule has 0 fully saturated rings. The number of hydrogen-bond acceptors (Lipinski definition) is 2. The lowest BCUT2D eigenvalue weighted by Crippen LogP contribution is -2.20. The maximum atomic E-state index is 11.5. The molecule has 0 aliphatic rings. The molecule has 4 nitrogen and oxygen atoms in total. The van der Waals surface area contributed by atoms with Gasteiger partial charge in [-0.1, -0.05) is 6.07 Å². The molecular formula is C11H13N3O. The van der Waals surface area contributed by atoms with Crippen molar-refractivity contribution in [3.05, 3.63) is 53.0 Å². The topological polar surface area (TPSA) is 39.8 Å². The monoisotopic (exact) mass is 203 g/mol. The molecule has 2 heterocycles. The lowest BCUT2D eigenvalue weighted by Gasteiger charge is -2.06. The van der Waals surface area contributed by atoms with Crippen LogP contribution in [-0.4, -0.2) is 14.1 Å². The van der Waals surface area contributed by atoms with E-state index in [1.807, 2.05) is 16.8 Å². The van der Waals surface area contributed by atoms with Crippen LogP contribution in [0.2, 0.25) is 0 Å². The SMILES string of the molecule is CCn1ccnc1Cn1ccccc1=O. The van der Waals surface area contributed by atoms with E-state index in [9.17, 15) is 4.79 Å². The summed E-state index contributed by atoms with van der Waals surface area (Å²) in [5, 5.41) is 0. The van der Waals surface area contributed by atoms with Gasteiger partial charge in [0.15, 0.2) is 0 Å². The van der Waals surface area contributed by atoms with Crippen LogP contribution in [0.15, 0.2) is 41.6 Å². The molecular weight excluding hydrogens is 190 g/mol. The summed E-state index contributed by atoms with van der Waals surface area (Å²) in [7, 11) is 0. The predicted molar refractivity (Wildman–Crippen MR) is 57.7 cm³/mol. The third-order valence-electron chi connectivity index (χ3n) is 2.35. The van der Waals surface area contributed by atoms with Gasteiger partial charge in [0.05, 0.1) is 6.54 Å². The Morgan fingerprint density at radius 1 is 1.27 bits per heavy atom. The molecule has 15 heavy (non-hydrogen) atoms. The Kier molecular flexibility index (Phi) is 2.67. The van der Waals surface area contributed by atoms with Crippen molar-refractivity contribution in [2.45, 2.75) is 20.0 Å². The Bertz CT molecular complexity index is 498. The summed E-state index contributed by atoms with van der Waals surface area (Å²) in [4.78, 5) is 15.7. The lowest BCUT2D eigenvalue weighted by atomic mass is 10.4. The fourth-order valence-corrected chi connectivity index (χ4v) is 1.52. The predicted octanol–water partition coefficient (Wildman–Crippen LogP) is 1.11.